The number of hydrogen-bond donors (Lipinski definition) is 1. The van der Waals surface area contributed by atoms with E-state index in [2.05, 4.69) is 29.8 Å². The molecule has 1 fully saturated rings. The van der Waals surface area contributed by atoms with E-state index in [1.54, 1.807) is 6.08 Å². The summed E-state index contributed by atoms with van der Waals surface area (Å²) in [6.45, 7) is 10.5. The van der Waals surface area contributed by atoms with Crippen LogP contribution in [0.4, 0.5) is 0 Å². The van der Waals surface area contributed by atoms with Crippen LogP contribution < -0.4 is 10.1 Å². The van der Waals surface area contributed by atoms with Crippen LogP contribution in [-0.2, 0) is 6.54 Å². The predicted molar refractivity (Wildman–Crippen MR) is 87.1 cm³/mol. The van der Waals surface area contributed by atoms with E-state index < -0.39 is 0 Å². The second kappa shape index (κ2) is 8.53. The third-order valence-electron chi connectivity index (χ3n) is 3.21. The van der Waals surface area contributed by atoms with Crippen LogP contribution >= 0.6 is 24.0 Å². The lowest BCUT2D eigenvalue weighted by Gasteiger charge is -2.31. The minimum absolute atomic E-state index is 0. The number of piperazine rings is 1. The number of nitrogens with one attached hydrogen (secondary N) is 1. The molecule has 1 heterocycles. The summed E-state index contributed by atoms with van der Waals surface area (Å²) < 4.78 is 5.47. The normalized spacial score (nSPS) is 19.2. The van der Waals surface area contributed by atoms with Crippen LogP contribution in [0.2, 0.25) is 5.02 Å². The maximum atomic E-state index is 6.22. The van der Waals surface area contributed by atoms with E-state index in [-0.39, 0.29) is 12.4 Å². The Kier molecular flexibility index (Phi) is 7.38. The summed E-state index contributed by atoms with van der Waals surface area (Å²) >= 11 is 6.22. The highest BCUT2D eigenvalue weighted by Crippen LogP contribution is 2.26. The lowest BCUT2D eigenvalue weighted by atomic mass is 10.1. The number of halogens is 2. The zero-order valence-electron chi connectivity index (χ0n) is 11.8. The molecule has 0 spiro atoms. The van der Waals surface area contributed by atoms with Gasteiger partial charge in [-0.15, -0.1) is 12.4 Å². The van der Waals surface area contributed by atoms with E-state index in [9.17, 15) is 0 Å². The van der Waals surface area contributed by atoms with Crippen molar-refractivity contribution >= 4 is 24.0 Å². The third kappa shape index (κ3) is 4.98. The van der Waals surface area contributed by atoms with Crippen LogP contribution in [0.3, 0.4) is 0 Å². The first-order valence-electron chi connectivity index (χ1n) is 6.67. The standard InChI is InChI=1S/C15H21ClN2O.ClH/c1-3-8-19-15-5-4-13(9-14(15)16)11-18-7-6-17-12(2)10-18;/h3-5,9,12,17H,1,6-8,10-11H2,2H3;1H. The lowest BCUT2D eigenvalue weighted by Crippen LogP contribution is -2.48. The molecule has 1 aliphatic rings. The Balaban J connectivity index is 0.00000200. The summed E-state index contributed by atoms with van der Waals surface area (Å²) in [5.41, 5.74) is 1.23. The summed E-state index contributed by atoms with van der Waals surface area (Å²) in [4.78, 5) is 2.44. The van der Waals surface area contributed by atoms with Crippen molar-refractivity contribution < 1.29 is 4.74 Å². The van der Waals surface area contributed by atoms with Crippen molar-refractivity contribution in [1.29, 1.82) is 0 Å². The van der Waals surface area contributed by atoms with Gasteiger partial charge < -0.3 is 10.1 Å². The molecule has 0 bridgehead atoms. The number of benzene rings is 1. The molecule has 0 aliphatic carbocycles. The zero-order valence-corrected chi connectivity index (χ0v) is 13.3. The molecule has 1 N–H and O–H groups in total. The van der Waals surface area contributed by atoms with Crippen molar-refractivity contribution in [2.24, 2.45) is 0 Å². The smallest absolute Gasteiger partial charge is 0.138 e. The van der Waals surface area contributed by atoms with Crippen LogP contribution in [-0.4, -0.2) is 37.2 Å². The van der Waals surface area contributed by atoms with E-state index in [0.717, 1.165) is 31.9 Å². The number of hydrogen-bond acceptors (Lipinski definition) is 3. The molecule has 1 saturated heterocycles. The fourth-order valence-corrected chi connectivity index (χ4v) is 2.58. The topological polar surface area (TPSA) is 24.5 Å². The molecule has 1 unspecified atom stereocenters. The number of ether oxygens (including phenoxy) is 1. The quantitative estimate of drug-likeness (QED) is 0.845. The number of rotatable bonds is 5. The van der Waals surface area contributed by atoms with Gasteiger partial charge in [0.2, 0.25) is 0 Å². The van der Waals surface area contributed by atoms with Crippen LogP contribution in [0.25, 0.3) is 0 Å². The molecule has 3 nitrogen and oxygen atoms in total. The minimum atomic E-state index is 0. The van der Waals surface area contributed by atoms with Crippen LogP contribution in [0, 0.1) is 0 Å². The molecular formula is C15H22Cl2N2O. The van der Waals surface area contributed by atoms with Crippen molar-refractivity contribution in [3.05, 3.63) is 41.4 Å². The van der Waals surface area contributed by atoms with Crippen molar-refractivity contribution in [2.75, 3.05) is 26.2 Å². The Morgan fingerprint density at radius 3 is 3.00 bits per heavy atom. The maximum Gasteiger partial charge on any atom is 0.138 e. The van der Waals surface area contributed by atoms with Crippen LogP contribution in [0.1, 0.15) is 12.5 Å². The van der Waals surface area contributed by atoms with Crippen molar-refractivity contribution in [3.8, 4) is 5.75 Å². The molecule has 1 aliphatic heterocycles. The third-order valence-corrected chi connectivity index (χ3v) is 3.51. The van der Waals surface area contributed by atoms with Crippen LogP contribution in [0.15, 0.2) is 30.9 Å². The monoisotopic (exact) mass is 316 g/mol. The van der Waals surface area contributed by atoms with Crippen molar-refractivity contribution in [2.45, 2.75) is 19.5 Å². The minimum Gasteiger partial charge on any atom is -0.488 e. The first kappa shape index (κ1) is 17.3. The Morgan fingerprint density at radius 2 is 2.35 bits per heavy atom. The molecule has 0 radical (unpaired) electrons. The highest BCUT2D eigenvalue weighted by molar-refractivity contribution is 6.32. The average molecular weight is 317 g/mol. The Labute approximate surface area is 132 Å². The van der Waals surface area contributed by atoms with E-state index in [1.807, 2.05) is 12.1 Å². The van der Waals surface area contributed by atoms with E-state index in [4.69, 9.17) is 16.3 Å². The van der Waals surface area contributed by atoms with Crippen molar-refractivity contribution in [1.82, 2.24) is 10.2 Å². The maximum absolute atomic E-state index is 6.22. The first-order chi connectivity index (χ1) is 9.19. The summed E-state index contributed by atoms with van der Waals surface area (Å²) in [6.07, 6.45) is 1.71. The molecule has 112 valence electrons. The second-order valence-corrected chi connectivity index (χ2v) is 5.36. The largest absolute Gasteiger partial charge is 0.488 e. The SMILES string of the molecule is C=CCOc1ccc(CN2CCNC(C)C2)cc1Cl.Cl. The number of nitrogens with zero attached hydrogens (tertiary/aromatic N) is 1. The summed E-state index contributed by atoms with van der Waals surface area (Å²) in [7, 11) is 0. The van der Waals surface area contributed by atoms with Gasteiger partial charge in [-0.1, -0.05) is 30.3 Å². The summed E-state index contributed by atoms with van der Waals surface area (Å²) in [6, 6.07) is 6.57. The molecule has 2 rings (SSSR count). The lowest BCUT2D eigenvalue weighted by molar-refractivity contribution is 0.199. The highest BCUT2D eigenvalue weighted by Gasteiger charge is 2.15. The summed E-state index contributed by atoms with van der Waals surface area (Å²) in [5, 5.41) is 4.11. The van der Waals surface area contributed by atoms with Gasteiger partial charge in [-0.2, -0.15) is 0 Å². The van der Waals surface area contributed by atoms with E-state index in [1.165, 1.54) is 5.56 Å². The summed E-state index contributed by atoms with van der Waals surface area (Å²) in [5.74, 6) is 0.721. The highest BCUT2D eigenvalue weighted by atomic mass is 35.5. The molecule has 1 aromatic rings. The van der Waals surface area contributed by atoms with Gasteiger partial charge in [-0.25, -0.2) is 0 Å². The molecule has 0 saturated carbocycles. The van der Waals surface area contributed by atoms with Gasteiger partial charge in [0, 0.05) is 32.2 Å². The molecule has 5 heteroatoms. The van der Waals surface area contributed by atoms with Gasteiger partial charge in [0.1, 0.15) is 12.4 Å². The molecule has 20 heavy (non-hydrogen) atoms. The van der Waals surface area contributed by atoms with Crippen molar-refractivity contribution in [3.63, 3.8) is 0 Å². The van der Waals surface area contributed by atoms with E-state index in [0.29, 0.717) is 17.7 Å². The van der Waals surface area contributed by atoms with E-state index >= 15 is 0 Å². The van der Waals surface area contributed by atoms with Gasteiger partial charge in [0.05, 0.1) is 5.02 Å². The molecule has 1 aromatic carbocycles. The van der Waals surface area contributed by atoms with Crippen LogP contribution in [0.5, 0.6) is 5.75 Å². The predicted octanol–water partition coefficient (Wildman–Crippen LogP) is 3.12. The van der Waals surface area contributed by atoms with Gasteiger partial charge in [0.15, 0.2) is 0 Å². The molecule has 0 aromatic heterocycles. The molecule has 1 atom stereocenters. The Hall–Kier alpha value is -0.740. The first-order valence-corrected chi connectivity index (χ1v) is 7.04. The molecular weight excluding hydrogens is 295 g/mol. The zero-order chi connectivity index (χ0) is 13.7. The Bertz CT molecular complexity index is 440. The fourth-order valence-electron chi connectivity index (χ4n) is 2.32. The van der Waals surface area contributed by atoms with Gasteiger partial charge in [-0.05, 0) is 24.6 Å². The molecule has 0 amide bonds. The van der Waals surface area contributed by atoms with Gasteiger partial charge in [-0.3, -0.25) is 4.90 Å². The Morgan fingerprint density at radius 1 is 1.55 bits per heavy atom. The van der Waals surface area contributed by atoms with Gasteiger partial charge in [0.25, 0.3) is 0 Å². The fraction of sp³-hybridized carbons (Fsp3) is 0.467. The average Bonchev–Trinajstić information content (AvgIpc) is 2.38. The van der Waals surface area contributed by atoms with Gasteiger partial charge >= 0.3 is 0 Å². The second-order valence-electron chi connectivity index (χ2n) is 4.95.